The van der Waals surface area contributed by atoms with Gasteiger partial charge < -0.3 is 5.32 Å². The van der Waals surface area contributed by atoms with Gasteiger partial charge in [-0.2, -0.15) is 0 Å². The van der Waals surface area contributed by atoms with E-state index in [9.17, 15) is 0 Å². The van der Waals surface area contributed by atoms with Crippen LogP contribution in [0.25, 0.3) is 10.8 Å². The average molecular weight is 269 g/mol. The first-order valence-corrected chi connectivity index (χ1v) is 7.76. The third-order valence-electron chi connectivity index (χ3n) is 4.22. The van der Waals surface area contributed by atoms with Crippen LogP contribution in [-0.4, -0.2) is 13.1 Å². The van der Waals surface area contributed by atoms with Crippen molar-refractivity contribution in [1.29, 1.82) is 0 Å². The highest BCUT2D eigenvalue weighted by atomic mass is 14.8. The van der Waals surface area contributed by atoms with Crippen LogP contribution in [0.15, 0.2) is 36.4 Å². The van der Waals surface area contributed by atoms with Crippen molar-refractivity contribution in [3.63, 3.8) is 0 Å². The Hall–Kier alpha value is -1.34. The summed E-state index contributed by atoms with van der Waals surface area (Å²) in [7, 11) is 0. The Labute approximate surface area is 123 Å². The van der Waals surface area contributed by atoms with Crippen molar-refractivity contribution in [2.45, 2.75) is 46.0 Å². The van der Waals surface area contributed by atoms with Gasteiger partial charge in [-0.3, -0.25) is 0 Å². The first-order valence-electron chi connectivity index (χ1n) is 7.76. The Morgan fingerprint density at radius 1 is 0.950 bits per heavy atom. The molecule has 2 rings (SSSR count). The quantitative estimate of drug-likeness (QED) is 0.742. The summed E-state index contributed by atoms with van der Waals surface area (Å²) in [5.41, 5.74) is 3.04. The van der Waals surface area contributed by atoms with Crippen LogP contribution in [0, 0.1) is 6.92 Å². The molecule has 0 fully saturated rings. The summed E-state index contributed by atoms with van der Waals surface area (Å²) >= 11 is 0. The summed E-state index contributed by atoms with van der Waals surface area (Å²) in [5, 5.41) is 6.32. The van der Waals surface area contributed by atoms with Crippen LogP contribution in [0.1, 0.15) is 44.7 Å². The normalized spacial score (nSPS) is 12.0. The zero-order valence-electron chi connectivity index (χ0n) is 13.3. The molecule has 1 N–H and O–H groups in total. The maximum atomic E-state index is 3.52. The molecule has 20 heavy (non-hydrogen) atoms. The van der Waals surface area contributed by atoms with Crippen molar-refractivity contribution in [3.8, 4) is 0 Å². The monoisotopic (exact) mass is 269 g/mol. The Morgan fingerprint density at radius 3 is 2.35 bits per heavy atom. The number of benzene rings is 2. The topological polar surface area (TPSA) is 12.0 Å². The minimum atomic E-state index is 0.202. The number of hydrogen-bond donors (Lipinski definition) is 1. The van der Waals surface area contributed by atoms with Crippen LogP contribution in [0.5, 0.6) is 0 Å². The molecular weight excluding hydrogens is 242 g/mol. The Kier molecular flexibility index (Phi) is 4.82. The number of nitrogens with one attached hydrogen (secondary N) is 1. The SMILES string of the molecule is CCCNCCC(C)(C)c1ccc(C)c2ccccc12. The van der Waals surface area contributed by atoms with Crippen molar-refractivity contribution in [1.82, 2.24) is 5.32 Å². The molecule has 0 saturated carbocycles. The fraction of sp³-hybridized carbons (Fsp3) is 0.474. The van der Waals surface area contributed by atoms with Crippen molar-refractivity contribution in [2.75, 3.05) is 13.1 Å². The molecule has 108 valence electrons. The second-order valence-corrected chi connectivity index (χ2v) is 6.36. The summed E-state index contributed by atoms with van der Waals surface area (Å²) in [6.07, 6.45) is 2.37. The molecule has 0 radical (unpaired) electrons. The lowest BCUT2D eigenvalue weighted by Gasteiger charge is -2.27. The van der Waals surface area contributed by atoms with E-state index in [1.54, 1.807) is 0 Å². The van der Waals surface area contributed by atoms with E-state index in [0.717, 1.165) is 13.1 Å². The van der Waals surface area contributed by atoms with E-state index in [1.165, 1.54) is 34.7 Å². The molecule has 0 heterocycles. The fourth-order valence-corrected chi connectivity index (χ4v) is 2.88. The molecule has 0 aliphatic heterocycles. The molecule has 1 heteroatoms. The number of fused-ring (bicyclic) bond motifs is 1. The average Bonchev–Trinajstić information content (AvgIpc) is 2.44. The van der Waals surface area contributed by atoms with Gasteiger partial charge in [0.25, 0.3) is 0 Å². The van der Waals surface area contributed by atoms with Crippen LogP contribution in [0.3, 0.4) is 0 Å². The molecular formula is C19H27N. The molecule has 0 saturated heterocycles. The Balaban J connectivity index is 2.29. The lowest BCUT2D eigenvalue weighted by Crippen LogP contribution is -2.26. The molecule has 0 unspecified atom stereocenters. The summed E-state index contributed by atoms with van der Waals surface area (Å²) in [5.74, 6) is 0. The smallest absolute Gasteiger partial charge is 0.00406 e. The highest BCUT2D eigenvalue weighted by Crippen LogP contribution is 2.33. The van der Waals surface area contributed by atoms with Crippen LogP contribution in [0.4, 0.5) is 0 Å². The van der Waals surface area contributed by atoms with Gasteiger partial charge in [-0.1, -0.05) is 57.2 Å². The summed E-state index contributed by atoms with van der Waals surface area (Å²) in [6, 6.07) is 13.4. The van der Waals surface area contributed by atoms with E-state index in [0.29, 0.717) is 0 Å². The molecule has 1 nitrogen and oxygen atoms in total. The van der Waals surface area contributed by atoms with Gasteiger partial charge in [0.2, 0.25) is 0 Å². The highest BCUT2D eigenvalue weighted by molar-refractivity contribution is 5.89. The van der Waals surface area contributed by atoms with Gasteiger partial charge in [-0.15, -0.1) is 0 Å². The highest BCUT2D eigenvalue weighted by Gasteiger charge is 2.22. The van der Waals surface area contributed by atoms with Gasteiger partial charge >= 0.3 is 0 Å². The van der Waals surface area contributed by atoms with E-state index in [-0.39, 0.29) is 5.41 Å². The van der Waals surface area contributed by atoms with E-state index in [4.69, 9.17) is 0 Å². The predicted octanol–water partition coefficient (Wildman–Crippen LogP) is 4.82. The minimum Gasteiger partial charge on any atom is -0.317 e. The van der Waals surface area contributed by atoms with Gasteiger partial charge in [-0.25, -0.2) is 0 Å². The van der Waals surface area contributed by atoms with Gasteiger partial charge in [0, 0.05) is 0 Å². The van der Waals surface area contributed by atoms with Gasteiger partial charge in [0.05, 0.1) is 0 Å². The minimum absolute atomic E-state index is 0.202. The fourth-order valence-electron chi connectivity index (χ4n) is 2.88. The van der Waals surface area contributed by atoms with Crippen molar-refractivity contribution in [3.05, 3.63) is 47.5 Å². The summed E-state index contributed by atoms with van der Waals surface area (Å²) < 4.78 is 0. The third kappa shape index (κ3) is 3.21. The molecule has 0 aliphatic carbocycles. The maximum absolute atomic E-state index is 3.52. The van der Waals surface area contributed by atoms with Crippen LogP contribution in [0.2, 0.25) is 0 Å². The van der Waals surface area contributed by atoms with E-state index in [2.05, 4.69) is 69.4 Å². The molecule has 0 aliphatic rings. The molecule has 0 bridgehead atoms. The van der Waals surface area contributed by atoms with Crippen molar-refractivity contribution >= 4 is 10.8 Å². The van der Waals surface area contributed by atoms with Crippen molar-refractivity contribution < 1.29 is 0 Å². The zero-order valence-corrected chi connectivity index (χ0v) is 13.3. The second-order valence-electron chi connectivity index (χ2n) is 6.36. The second kappa shape index (κ2) is 6.41. The molecule has 0 aromatic heterocycles. The molecule has 0 spiro atoms. The zero-order chi connectivity index (χ0) is 14.6. The van der Waals surface area contributed by atoms with E-state index >= 15 is 0 Å². The predicted molar refractivity (Wildman–Crippen MR) is 89.5 cm³/mol. The molecule has 2 aromatic carbocycles. The van der Waals surface area contributed by atoms with Gasteiger partial charge in [-0.05, 0) is 60.2 Å². The Morgan fingerprint density at radius 2 is 1.65 bits per heavy atom. The van der Waals surface area contributed by atoms with Crippen molar-refractivity contribution in [2.24, 2.45) is 0 Å². The maximum Gasteiger partial charge on any atom is -0.00406 e. The molecule has 0 atom stereocenters. The van der Waals surface area contributed by atoms with Crippen LogP contribution < -0.4 is 5.32 Å². The largest absolute Gasteiger partial charge is 0.317 e. The van der Waals surface area contributed by atoms with E-state index < -0.39 is 0 Å². The van der Waals surface area contributed by atoms with Crippen LogP contribution in [-0.2, 0) is 5.41 Å². The standard InChI is InChI=1S/C19H27N/c1-5-13-20-14-12-19(3,4)18-11-10-15(2)16-8-6-7-9-17(16)18/h6-11,20H,5,12-14H2,1-4H3. The number of aryl methyl sites for hydroxylation is 1. The molecule has 0 amide bonds. The summed E-state index contributed by atoms with van der Waals surface area (Å²) in [6.45, 7) is 11.3. The third-order valence-corrected chi connectivity index (χ3v) is 4.22. The number of hydrogen-bond acceptors (Lipinski definition) is 1. The summed E-state index contributed by atoms with van der Waals surface area (Å²) in [4.78, 5) is 0. The van der Waals surface area contributed by atoms with E-state index in [1.807, 2.05) is 0 Å². The van der Waals surface area contributed by atoms with Crippen LogP contribution >= 0.6 is 0 Å². The lowest BCUT2D eigenvalue weighted by atomic mass is 9.78. The first kappa shape index (κ1) is 15.1. The Bertz CT molecular complexity index is 569. The van der Waals surface area contributed by atoms with Gasteiger partial charge in [0.15, 0.2) is 0 Å². The first-order chi connectivity index (χ1) is 9.56. The van der Waals surface area contributed by atoms with Gasteiger partial charge in [0.1, 0.15) is 0 Å². The molecule has 2 aromatic rings. The lowest BCUT2D eigenvalue weighted by molar-refractivity contribution is 0.460. The number of rotatable bonds is 6.